The molecule has 0 unspecified atom stereocenters. The molecule has 3 aromatic rings. The average Bonchev–Trinajstić information content (AvgIpc) is 3.35. The molecule has 1 amide bonds. The highest BCUT2D eigenvalue weighted by Crippen LogP contribution is 2.32. The van der Waals surface area contributed by atoms with E-state index in [-0.39, 0.29) is 5.91 Å². The van der Waals surface area contributed by atoms with Gasteiger partial charge in [0.1, 0.15) is 5.65 Å². The van der Waals surface area contributed by atoms with Crippen molar-refractivity contribution in [1.82, 2.24) is 19.2 Å². The number of hydrogen-bond donors (Lipinski definition) is 0. The zero-order valence-electron chi connectivity index (χ0n) is 16.5. The summed E-state index contributed by atoms with van der Waals surface area (Å²) in [5.41, 5.74) is 4.06. The van der Waals surface area contributed by atoms with Gasteiger partial charge in [-0.05, 0) is 36.2 Å². The van der Waals surface area contributed by atoms with Crippen LogP contribution in [0.2, 0.25) is 0 Å². The van der Waals surface area contributed by atoms with Crippen LogP contribution in [0.1, 0.15) is 16.8 Å². The Bertz CT molecular complexity index is 1050. The largest absolute Gasteiger partial charge is 0.454 e. The van der Waals surface area contributed by atoms with E-state index in [9.17, 15) is 4.79 Å². The number of rotatable bonds is 4. The number of fused-ring (bicyclic) bond motifs is 2. The number of imidazole rings is 1. The Morgan fingerprint density at radius 2 is 1.93 bits per heavy atom. The Labute approximate surface area is 169 Å². The highest BCUT2D eigenvalue weighted by Gasteiger charge is 2.23. The monoisotopic (exact) mass is 392 g/mol. The van der Waals surface area contributed by atoms with Gasteiger partial charge < -0.3 is 18.8 Å². The summed E-state index contributed by atoms with van der Waals surface area (Å²) < 4.78 is 12.8. The van der Waals surface area contributed by atoms with Crippen LogP contribution >= 0.6 is 0 Å². The number of amides is 1. The summed E-state index contributed by atoms with van der Waals surface area (Å²) in [6.45, 7) is 6.41. The molecule has 0 N–H and O–H groups in total. The van der Waals surface area contributed by atoms with Crippen molar-refractivity contribution < 1.29 is 14.3 Å². The summed E-state index contributed by atoms with van der Waals surface area (Å²) in [4.78, 5) is 21.7. The minimum atomic E-state index is 0.147. The first-order chi connectivity index (χ1) is 14.2. The maximum absolute atomic E-state index is 12.7. The minimum absolute atomic E-state index is 0.147. The Morgan fingerprint density at radius 1 is 1.10 bits per heavy atom. The Kier molecular flexibility index (Phi) is 4.60. The van der Waals surface area contributed by atoms with E-state index >= 15 is 0 Å². The second-order valence-corrected chi connectivity index (χ2v) is 7.68. The number of ether oxygens (including phenoxy) is 2. The molecule has 5 rings (SSSR count). The van der Waals surface area contributed by atoms with E-state index in [1.54, 1.807) is 0 Å². The molecule has 1 aromatic carbocycles. The quantitative estimate of drug-likeness (QED) is 0.682. The molecule has 0 bridgehead atoms. The molecule has 2 aliphatic heterocycles. The molecule has 2 aliphatic rings. The van der Waals surface area contributed by atoms with Gasteiger partial charge in [0.05, 0.1) is 12.1 Å². The fourth-order valence-corrected chi connectivity index (χ4v) is 4.01. The maximum Gasteiger partial charge on any atom is 0.231 e. The Hall–Kier alpha value is -3.06. The normalized spacial score (nSPS) is 16.5. The van der Waals surface area contributed by atoms with Crippen molar-refractivity contribution in [3.05, 3.63) is 59.5 Å². The predicted octanol–water partition coefficient (Wildman–Crippen LogP) is 2.26. The van der Waals surface area contributed by atoms with Crippen LogP contribution in [0.15, 0.2) is 42.7 Å². The molecular weight excluding hydrogens is 368 g/mol. The van der Waals surface area contributed by atoms with Gasteiger partial charge in [0.25, 0.3) is 0 Å². The van der Waals surface area contributed by atoms with Gasteiger partial charge in [-0.3, -0.25) is 9.69 Å². The fraction of sp³-hybridized carbons (Fsp3) is 0.364. The maximum atomic E-state index is 12.7. The third-order valence-corrected chi connectivity index (χ3v) is 5.63. The molecule has 4 heterocycles. The topological polar surface area (TPSA) is 59.3 Å². The lowest BCUT2D eigenvalue weighted by Gasteiger charge is -2.34. The van der Waals surface area contributed by atoms with Crippen molar-refractivity contribution in [3.8, 4) is 11.5 Å². The van der Waals surface area contributed by atoms with Crippen LogP contribution in [-0.4, -0.2) is 58.1 Å². The molecule has 0 aliphatic carbocycles. The number of benzene rings is 1. The van der Waals surface area contributed by atoms with Crippen LogP contribution in [0.4, 0.5) is 0 Å². The molecule has 0 saturated carbocycles. The Morgan fingerprint density at radius 3 is 2.76 bits per heavy atom. The number of nitrogens with zero attached hydrogens (tertiary/aromatic N) is 4. The van der Waals surface area contributed by atoms with Crippen LogP contribution in [0.25, 0.3) is 5.65 Å². The summed E-state index contributed by atoms with van der Waals surface area (Å²) in [6.07, 6.45) is 4.28. The van der Waals surface area contributed by atoms with Gasteiger partial charge in [-0.15, -0.1) is 0 Å². The van der Waals surface area contributed by atoms with Gasteiger partial charge in [0, 0.05) is 45.1 Å². The fourth-order valence-electron chi connectivity index (χ4n) is 4.01. The summed E-state index contributed by atoms with van der Waals surface area (Å²) in [5.74, 6) is 1.78. The molecule has 0 spiro atoms. The lowest BCUT2D eigenvalue weighted by atomic mass is 10.1. The second-order valence-electron chi connectivity index (χ2n) is 7.68. The highest BCUT2D eigenvalue weighted by atomic mass is 16.7. The number of piperazine rings is 1. The first kappa shape index (κ1) is 18.0. The average molecular weight is 392 g/mol. The molecule has 0 atom stereocenters. The van der Waals surface area contributed by atoms with Crippen LogP contribution in [0.5, 0.6) is 11.5 Å². The van der Waals surface area contributed by atoms with E-state index < -0.39 is 0 Å². The molecule has 150 valence electrons. The lowest BCUT2D eigenvalue weighted by Crippen LogP contribution is -2.48. The van der Waals surface area contributed by atoms with Gasteiger partial charge >= 0.3 is 0 Å². The van der Waals surface area contributed by atoms with Crippen molar-refractivity contribution in [2.45, 2.75) is 19.9 Å². The SMILES string of the molecule is Cc1cccn2cc(CC(=O)N3CCN(Cc4ccc5c(c4)OCO5)CC3)nc12. The van der Waals surface area contributed by atoms with Crippen molar-refractivity contribution >= 4 is 11.6 Å². The first-order valence-electron chi connectivity index (χ1n) is 9.97. The van der Waals surface area contributed by atoms with Gasteiger partial charge in [-0.1, -0.05) is 12.1 Å². The molecule has 0 radical (unpaired) electrons. The molecule has 7 heteroatoms. The lowest BCUT2D eigenvalue weighted by molar-refractivity contribution is -0.132. The number of carbonyl (C=O) groups excluding carboxylic acids is 1. The van der Waals surface area contributed by atoms with Crippen LogP contribution in [0, 0.1) is 6.92 Å². The van der Waals surface area contributed by atoms with Crippen molar-refractivity contribution in [1.29, 1.82) is 0 Å². The van der Waals surface area contributed by atoms with E-state index in [2.05, 4.69) is 16.0 Å². The van der Waals surface area contributed by atoms with Gasteiger partial charge in [0.2, 0.25) is 12.7 Å². The highest BCUT2D eigenvalue weighted by molar-refractivity contribution is 5.78. The zero-order valence-corrected chi connectivity index (χ0v) is 16.5. The number of pyridine rings is 1. The van der Waals surface area contributed by atoms with E-state index in [0.29, 0.717) is 13.2 Å². The van der Waals surface area contributed by atoms with Crippen LogP contribution in [0.3, 0.4) is 0 Å². The van der Waals surface area contributed by atoms with Crippen LogP contribution < -0.4 is 9.47 Å². The summed E-state index contributed by atoms with van der Waals surface area (Å²) in [7, 11) is 0. The predicted molar refractivity (Wildman–Crippen MR) is 108 cm³/mol. The third kappa shape index (κ3) is 3.65. The third-order valence-electron chi connectivity index (χ3n) is 5.63. The second kappa shape index (κ2) is 7.40. The molecule has 1 saturated heterocycles. The summed E-state index contributed by atoms with van der Waals surface area (Å²) >= 11 is 0. The zero-order chi connectivity index (χ0) is 19.8. The molecule has 2 aromatic heterocycles. The Balaban J connectivity index is 1.17. The van der Waals surface area contributed by atoms with Crippen LogP contribution in [-0.2, 0) is 17.8 Å². The van der Waals surface area contributed by atoms with Crippen molar-refractivity contribution in [2.75, 3.05) is 33.0 Å². The first-order valence-corrected chi connectivity index (χ1v) is 9.97. The number of aryl methyl sites for hydroxylation is 1. The van der Waals surface area contributed by atoms with Crippen molar-refractivity contribution in [3.63, 3.8) is 0 Å². The van der Waals surface area contributed by atoms with E-state index in [1.165, 1.54) is 5.56 Å². The summed E-state index contributed by atoms with van der Waals surface area (Å²) in [6, 6.07) is 10.1. The van der Waals surface area contributed by atoms with Gasteiger partial charge in [-0.25, -0.2) is 4.98 Å². The number of hydrogen-bond acceptors (Lipinski definition) is 5. The van der Waals surface area contributed by atoms with E-state index in [4.69, 9.17) is 9.47 Å². The minimum Gasteiger partial charge on any atom is -0.454 e. The molecule has 1 fully saturated rings. The molecule has 29 heavy (non-hydrogen) atoms. The van der Waals surface area contributed by atoms with Gasteiger partial charge in [-0.2, -0.15) is 0 Å². The van der Waals surface area contributed by atoms with Crippen molar-refractivity contribution in [2.24, 2.45) is 0 Å². The molecule has 7 nitrogen and oxygen atoms in total. The van der Waals surface area contributed by atoms with E-state index in [1.807, 2.05) is 52.9 Å². The number of aromatic nitrogens is 2. The summed E-state index contributed by atoms with van der Waals surface area (Å²) in [5, 5.41) is 0. The number of carbonyl (C=O) groups is 1. The van der Waals surface area contributed by atoms with Gasteiger partial charge in [0.15, 0.2) is 11.5 Å². The standard InChI is InChI=1S/C22H24N4O3/c1-16-3-2-6-26-14-18(23-22(16)26)12-21(27)25-9-7-24(8-10-25)13-17-4-5-19-20(11-17)29-15-28-19/h2-6,11,14H,7-10,12-13,15H2,1H3. The van der Waals surface area contributed by atoms with E-state index in [0.717, 1.165) is 61.1 Å². The molecular formula is C22H24N4O3. The smallest absolute Gasteiger partial charge is 0.231 e.